The van der Waals surface area contributed by atoms with Crippen LogP contribution >= 0.6 is 0 Å². The van der Waals surface area contributed by atoms with Crippen molar-refractivity contribution in [2.24, 2.45) is 0 Å². The maximum atomic E-state index is 10.2. The van der Waals surface area contributed by atoms with Crippen molar-refractivity contribution < 1.29 is 44.3 Å². The van der Waals surface area contributed by atoms with Gasteiger partial charge in [0.05, 0.1) is 0 Å². The van der Waals surface area contributed by atoms with Crippen molar-refractivity contribution in [1.29, 1.82) is 0 Å². The summed E-state index contributed by atoms with van der Waals surface area (Å²) in [6, 6.07) is 0. The topological polar surface area (TPSA) is 60.4 Å². The number of hydrogen-bond acceptors (Lipinski definition) is 2. The number of aliphatic carboxylic acids is 1. The minimum atomic E-state index is -1.86. The van der Waals surface area contributed by atoms with Gasteiger partial charge in [-0.15, -0.1) is 0 Å². The molecule has 0 fully saturated rings. The van der Waals surface area contributed by atoms with Crippen LogP contribution in [-0.2, 0) is 4.79 Å². The van der Waals surface area contributed by atoms with Crippen molar-refractivity contribution in [3.05, 3.63) is 0 Å². The molecule has 0 atom stereocenters. The first-order valence-electron chi connectivity index (χ1n) is 3.19. The number of hydrogen-bond donors (Lipinski definition) is 1. The Kier molecular flexibility index (Phi) is 14.0. The Morgan fingerprint density at radius 3 is 1.55 bits per heavy atom. The van der Waals surface area contributed by atoms with Gasteiger partial charge in [0.25, 0.3) is 0 Å². The maximum absolute atomic E-state index is 10.2. The molecule has 0 rings (SSSR count). The van der Waals surface area contributed by atoms with Crippen LogP contribution in [0.2, 0.25) is 19.6 Å². The summed E-state index contributed by atoms with van der Waals surface area (Å²) in [5.41, 5.74) is 0. The SMILES string of the molecule is CCC(=O)O.C[Si](C)(C)[O-].[Na+]. The van der Waals surface area contributed by atoms with Gasteiger partial charge in [0, 0.05) is 6.42 Å². The van der Waals surface area contributed by atoms with Gasteiger partial charge in [0.1, 0.15) is 0 Å². The van der Waals surface area contributed by atoms with Crippen LogP contribution in [0.15, 0.2) is 0 Å². The van der Waals surface area contributed by atoms with E-state index in [1.807, 2.05) is 0 Å². The number of carboxylic acid groups (broad SMARTS) is 1. The smallest absolute Gasteiger partial charge is 0.859 e. The first-order chi connectivity index (χ1) is 4.27. The molecule has 0 bridgehead atoms. The predicted octanol–water partition coefficient (Wildman–Crippen LogP) is -2.33. The van der Waals surface area contributed by atoms with E-state index in [0.29, 0.717) is 0 Å². The van der Waals surface area contributed by atoms with Crippen molar-refractivity contribution in [3.8, 4) is 0 Å². The molecule has 0 aromatic heterocycles. The Balaban J connectivity index is -0.000000107. The molecule has 0 saturated heterocycles. The van der Waals surface area contributed by atoms with Crippen LogP contribution in [0.1, 0.15) is 13.3 Å². The van der Waals surface area contributed by atoms with Crippen LogP contribution in [-0.4, -0.2) is 19.4 Å². The summed E-state index contributed by atoms with van der Waals surface area (Å²) in [6.07, 6.45) is 0.222. The summed E-state index contributed by atoms with van der Waals surface area (Å²) in [5, 5.41) is 7.72. The standard InChI is InChI=1S/C3H6O2.C3H9OSi.Na/c1-2-3(4)5;1-5(2,3)4;/h2H2,1H3,(H,4,5);1-3H3;/q;-1;+1. The summed E-state index contributed by atoms with van der Waals surface area (Å²) in [6.45, 7) is 6.91. The summed E-state index contributed by atoms with van der Waals surface area (Å²) in [7, 11) is -1.86. The van der Waals surface area contributed by atoms with Crippen LogP contribution < -0.4 is 34.4 Å². The summed E-state index contributed by atoms with van der Waals surface area (Å²) < 4.78 is 0. The zero-order valence-corrected chi connectivity index (χ0v) is 11.0. The molecule has 11 heavy (non-hydrogen) atoms. The van der Waals surface area contributed by atoms with Crippen molar-refractivity contribution >= 4 is 14.3 Å². The van der Waals surface area contributed by atoms with Gasteiger partial charge in [-0.05, 0) is 0 Å². The molecule has 0 amide bonds. The molecule has 0 aliphatic heterocycles. The number of carbonyl (C=O) groups is 1. The third kappa shape index (κ3) is 114. The Hall–Kier alpha value is 0.647. The summed E-state index contributed by atoms with van der Waals surface area (Å²) in [5.74, 6) is -0.745. The van der Waals surface area contributed by atoms with E-state index in [-0.39, 0.29) is 36.0 Å². The molecular weight excluding hydrogens is 171 g/mol. The molecule has 0 radical (unpaired) electrons. The Bertz CT molecular complexity index is 94.5. The molecule has 0 aromatic rings. The number of carboxylic acids is 1. The second-order valence-electron chi connectivity index (χ2n) is 2.86. The molecule has 0 heterocycles. The van der Waals surface area contributed by atoms with Gasteiger partial charge < -0.3 is 9.90 Å². The van der Waals surface area contributed by atoms with E-state index in [2.05, 4.69) is 0 Å². The third-order valence-corrected chi connectivity index (χ3v) is 0.302. The van der Waals surface area contributed by atoms with Crippen LogP contribution in [0, 0.1) is 0 Å². The minimum Gasteiger partial charge on any atom is -0.859 e. The molecule has 0 aliphatic rings. The third-order valence-electron chi connectivity index (χ3n) is 0.302. The van der Waals surface area contributed by atoms with Gasteiger partial charge in [-0.1, -0.05) is 34.9 Å². The molecule has 62 valence electrons. The molecule has 1 N–H and O–H groups in total. The normalized spacial score (nSPS) is 8.82. The second-order valence-corrected chi connectivity index (χ2v) is 7.08. The van der Waals surface area contributed by atoms with Gasteiger partial charge in [-0.2, -0.15) is 0 Å². The molecule has 0 aliphatic carbocycles. The molecule has 0 saturated carbocycles. The largest absolute Gasteiger partial charge is 1.00 e. The average Bonchev–Trinajstić information content (AvgIpc) is 1.61. The van der Waals surface area contributed by atoms with Crippen LogP contribution in [0.5, 0.6) is 0 Å². The van der Waals surface area contributed by atoms with Crippen LogP contribution in [0.25, 0.3) is 0 Å². The summed E-state index contributed by atoms with van der Waals surface area (Å²) >= 11 is 0. The van der Waals surface area contributed by atoms with Crippen molar-refractivity contribution in [1.82, 2.24) is 0 Å². The maximum Gasteiger partial charge on any atom is 1.00 e. The van der Waals surface area contributed by atoms with Gasteiger partial charge in [-0.25, -0.2) is 0 Å². The van der Waals surface area contributed by atoms with E-state index >= 15 is 0 Å². The van der Waals surface area contributed by atoms with E-state index in [4.69, 9.17) is 5.11 Å². The zero-order chi connectivity index (χ0) is 8.78. The predicted molar refractivity (Wildman–Crippen MR) is 41.3 cm³/mol. The minimum absolute atomic E-state index is 0. The fourth-order valence-corrected chi connectivity index (χ4v) is 0. The Labute approximate surface area is 91.2 Å². The van der Waals surface area contributed by atoms with Crippen LogP contribution in [0.4, 0.5) is 0 Å². The first-order valence-corrected chi connectivity index (χ1v) is 6.60. The van der Waals surface area contributed by atoms with Gasteiger partial charge in [0.2, 0.25) is 0 Å². The Morgan fingerprint density at radius 2 is 1.55 bits per heavy atom. The Morgan fingerprint density at radius 1 is 1.45 bits per heavy atom. The van der Waals surface area contributed by atoms with E-state index in [9.17, 15) is 9.59 Å². The van der Waals surface area contributed by atoms with E-state index in [1.165, 1.54) is 0 Å². The van der Waals surface area contributed by atoms with E-state index in [0.717, 1.165) is 0 Å². The van der Waals surface area contributed by atoms with Gasteiger partial charge in [0.15, 0.2) is 0 Å². The fraction of sp³-hybridized carbons (Fsp3) is 0.833. The van der Waals surface area contributed by atoms with Gasteiger partial charge >= 0.3 is 35.5 Å². The number of rotatable bonds is 1. The van der Waals surface area contributed by atoms with Crippen LogP contribution in [0.3, 0.4) is 0 Å². The average molecular weight is 186 g/mol. The molecule has 5 heteroatoms. The van der Waals surface area contributed by atoms with E-state index < -0.39 is 14.3 Å². The molecule has 0 aromatic carbocycles. The second kappa shape index (κ2) is 8.74. The van der Waals surface area contributed by atoms with Crippen molar-refractivity contribution in [3.63, 3.8) is 0 Å². The quantitative estimate of drug-likeness (QED) is 0.467. The first kappa shape index (κ1) is 17.7. The molecule has 0 unspecified atom stereocenters. The molecular formula is C6H15NaO3Si. The monoisotopic (exact) mass is 186 g/mol. The van der Waals surface area contributed by atoms with Gasteiger partial charge in [-0.3, -0.25) is 4.79 Å². The van der Waals surface area contributed by atoms with Crippen molar-refractivity contribution in [2.45, 2.75) is 33.0 Å². The summed E-state index contributed by atoms with van der Waals surface area (Å²) in [4.78, 5) is 19.6. The van der Waals surface area contributed by atoms with E-state index in [1.54, 1.807) is 26.6 Å². The molecule has 3 nitrogen and oxygen atoms in total. The zero-order valence-electron chi connectivity index (χ0n) is 7.97. The van der Waals surface area contributed by atoms with Crippen molar-refractivity contribution in [2.75, 3.05) is 0 Å². The fourth-order valence-electron chi connectivity index (χ4n) is 0. The molecule has 0 spiro atoms.